The van der Waals surface area contributed by atoms with Crippen molar-refractivity contribution in [2.24, 2.45) is 0 Å². The predicted molar refractivity (Wildman–Crippen MR) is 74.8 cm³/mol. The lowest BCUT2D eigenvalue weighted by Crippen LogP contribution is -2.29. The molecule has 0 spiro atoms. The van der Waals surface area contributed by atoms with Crippen molar-refractivity contribution in [3.8, 4) is 5.75 Å². The van der Waals surface area contributed by atoms with E-state index in [-0.39, 0.29) is 19.8 Å². The minimum Gasteiger partial charge on any atom is -0.482 e. The van der Waals surface area contributed by atoms with Crippen LogP contribution in [0.25, 0.3) is 0 Å². The fraction of sp³-hybridized carbons (Fsp3) is 0.417. The van der Waals surface area contributed by atoms with Crippen LogP contribution in [-0.4, -0.2) is 34.1 Å². The summed E-state index contributed by atoms with van der Waals surface area (Å²) in [4.78, 5) is 11.1. The third-order valence-electron chi connectivity index (χ3n) is 2.08. The summed E-state index contributed by atoms with van der Waals surface area (Å²) in [6.07, 6.45) is 0. The zero-order valence-corrected chi connectivity index (χ0v) is 12.2. The van der Waals surface area contributed by atoms with Gasteiger partial charge in [-0.2, -0.15) is 13.1 Å². The standard InChI is InChI=1S/C12H18N2O5S/c1-3-13-20(16,17)14-10-6-5-7-11(8-10)19-9-12(15)18-4-2/h5-8,13-14H,3-4,9H2,1-2H3. The van der Waals surface area contributed by atoms with E-state index in [4.69, 9.17) is 9.47 Å². The molecule has 7 nitrogen and oxygen atoms in total. The summed E-state index contributed by atoms with van der Waals surface area (Å²) in [6, 6.07) is 6.29. The molecule has 0 saturated carbocycles. The van der Waals surface area contributed by atoms with Gasteiger partial charge in [0, 0.05) is 12.6 Å². The number of esters is 1. The maximum Gasteiger partial charge on any atom is 0.344 e. The number of hydrogen-bond acceptors (Lipinski definition) is 5. The zero-order valence-electron chi connectivity index (χ0n) is 11.4. The molecule has 0 bridgehead atoms. The Hall–Kier alpha value is -1.80. The average molecular weight is 302 g/mol. The molecule has 1 rings (SSSR count). The lowest BCUT2D eigenvalue weighted by atomic mass is 10.3. The summed E-state index contributed by atoms with van der Waals surface area (Å²) >= 11 is 0. The molecule has 2 N–H and O–H groups in total. The summed E-state index contributed by atoms with van der Waals surface area (Å²) < 4.78 is 37.6. The number of rotatable bonds is 8. The number of carbonyl (C=O) groups excluding carboxylic acids is 1. The third-order valence-corrected chi connectivity index (χ3v) is 3.26. The second-order valence-corrected chi connectivity index (χ2v) is 5.22. The van der Waals surface area contributed by atoms with Crippen LogP contribution in [0.1, 0.15) is 13.8 Å². The van der Waals surface area contributed by atoms with E-state index in [0.29, 0.717) is 11.4 Å². The van der Waals surface area contributed by atoms with E-state index in [1.807, 2.05) is 0 Å². The summed E-state index contributed by atoms with van der Waals surface area (Å²) in [7, 11) is -3.59. The molecule has 0 heterocycles. The van der Waals surface area contributed by atoms with Crippen molar-refractivity contribution in [2.45, 2.75) is 13.8 Å². The first-order chi connectivity index (χ1) is 9.46. The number of hydrogen-bond donors (Lipinski definition) is 2. The zero-order chi connectivity index (χ0) is 15.0. The maximum absolute atomic E-state index is 11.5. The van der Waals surface area contributed by atoms with Crippen LogP contribution in [0.15, 0.2) is 24.3 Å². The van der Waals surface area contributed by atoms with E-state index in [2.05, 4.69) is 9.44 Å². The maximum atomic E-state index is 11.5. The van der Waals surface area contributed by atoms with Crippen LogP contribution in [0, 0.1) is 0 Å². The summed E-state index contributed by atoms with van der Waals surface area (Å²) in [5.41, 5.74) is 0.340. The van der Waals surface area contributed by atoms with Crippen molar-refractivity contribution >= 4 is 21.9 Å². The first-order valence-corrected chi connectivity index (χ1v) is 7.61. The molecule has 112 valence electrons. The number of anilines is 1. The summed E-state index contributed by atoms with van der Waals surface area (Å²) in [6.45, 7) is 3.72. The summed E-state index contributed by atoms with van der Waals surface area (Å²) in [5, 5.41) is 0. The Morgan fingerprint density at radius 3 is 2.70 bits per heavy atom. The Morgan fingerprint density at radius 1 is 1.30 bits per heavy atom. The fourth-order valence-electron chi connectivity index (χ4n) is 1.38. The number of ether oxygens (including phenoxy) is 2. The van der Waals surface area contributed by atoms with Gasteiger partial charge < -0.3 is 9.47 Å². The Balaban J connectivity index is 2.64. The van der Waals surface area contributed by atoms with E-state index >= 15 is 0 Å². The molecule has 0 amide bonds. The number of benzene rings is 1. The monoisotopic (exact) mass is 302 g/mol. The van der Waals surface area contributed by atoms with Crippen LogP contribution in [0.3, 0.4) is 0 Å². The van der Waals surface area contributed by atoms with Gasteiger partial charge in [0.2, 0.25) is 0 Å². The number of carbonyl (C=O) groups is 1. The lowest BCUT2D eigenvalue weighted by Gasteiger charge is -2.10. The van der Waals surface area contributed by atoms with Crippen LogP contribution in [0.4, 0.5) is 5.69 Å². The quantitative estimate of drug-likeness (QED) is 0.696. The van der Waals surface area contributed by atoms with Gasteiger partial charge in [-0.05, 0) is 19.1 Å². The Bertz CT molecular complexity index is 545. The van der Waals surface area contributed by atoms with Gasteiger partial charge in [0.05, 0.1) is 12.3 Å². The van der Waals surface area contributed by atoms with Gasteiger partial charge in [-0.3, -0.25) is 4.72 Å². The second-order valence-electron chi connectivity index (χ2n) is 3.72. The predicted octanol–water partition coefficient (Wildman–Crippen LogP) is 0.895. The lowest BCUT2D eigenvalue weighted by molar-refractivity contribution is -0.145. The average Bonchev–Trinajstić information content (AvgIpc) is 2.36. The van der Waals surface area contributed by atoms with E-state index in [1.165, 1.54) is 6.07 Å². The fourth-order valence-corrected chi connectivity index (χ4v) is 2.27. The van der Waals surface area contributed by atoms with Crippen LogP contribution >= 0.6 is 0 Å². The van der Waals surface area contributed by atoms with Gasteiger partial charge in [-0.15, -0.1) is 0 Å². The van der Waals surface area contributed by atoms with Gasteiger partial charge >= 0.3 is 5.97 Å². The van der Waals surface area contributed by atoms with Gasteiger partial charge in [0.1, 0.15) is 5.75 Å². The molecule has 1 aromatic rings. The highest BCUT2D eigenvalue weighted by Crippen LogP contribution is 2.18. The molecule has 0 aliphatic carbocycles. The van der Waals surface area contributed by atoms with Crippen LogP contribution in [-0.2, 0) is 19.7 Å². The van der Waals surface area contributed by atoms with Crippen molar-refractivity contribution in [3.05, 3.63) is 24.3 Å². The molecule has 20 heavy (non-hydrogen) atoms. The SMILES string of the molecule is CCNS(=O)(=O)Nc1cccc(OCC(=O)OCC)c1. The van der Waals surface area contributed by atoms with E-state index in [0.717, 1.165) is 0 Å². The first kappa shape index (κ1) is 16.3. The van der Waals surface area contributed by atoms with Gasteiger partial charge in [-0.1, -0.05) is 13.0 Å². The largest absolute Gasteiger partial charge is 0.482 e. The molecule has 8 heteroatoms. The molecule has 0 saturated heterocycles. The van der Waals surface area contributed by atoms with Gasteiger partial charge in [0.25, 0.3) is 10.2 Å². The van der Waals surface area contributed by atoms with Crippen molar-refractivity contribution in [1.29, 1.82) is 0 Å². The molecule has 0 atom stereocenters. The molecule has 0 radical (unpaired) electrons. The van der Waals surface area contributed by atoms with Crippen molar-refractivity contribution in [1.82, 2.24) is 4.72 Å². The third kappa shape index (κ3) is 5.89. The Kier molecular flexibility index (Phi) is 6.26. The van der Waals surface area contributed by atoms with Crippen molar-refractivity contribution in [3.63, 3.8) is 0 Å². The molecule has 1 aromatic carbocycles. The van der Waals surface area contributed by atoms with E-state index in [1.54, 1.807) is 32.0 Å². The molecular weight excluding hydrogens is 284 g/mol. The van der Waals surface area contributed by atoms with E-state index < -0.39 is 16.2 Å². The van der Waals surface area contributed by atoms with Crippen LogP contribution < -0.4 is 14.2 Å². The van der Waals surface area contributed by atoms with Gasteiger partial charge in [-0.25, -0.2) is 4.79 Å². The Labute approximate surface area is 118 Å². The highest BCUT2D eigenvalue weighted by atomic mass is 32.2. The Morgan fingerprint density at radius 2 is 2.05 bits per heavy atom. The summed E-state index contributed by atoms with van der Waals surface area (Å²) in [5.74, 6) is -0.110. The minimum absolute atomic E-state index is 0.225. The molecule has 0 aliphatic rings. The second kappa shape index (κ2) is 7.71. The highest BCUT2D eigenvalue weighted by molar-refractivity contribution is 7.90. The molecule has 0 aromatic heterocycles. The van der Waals surface area contributed by atoms with Crippen LogP contribution in [0.2, 0.25) is 0 Å². The molecule has 0 aliphatic heterocycles. The smallest absolute Gasteiger partial charge is 0.344 e. The normalized spacial score (nSPS) is 10.9. The minimum atomic E-state index is -3.59. The van der Waals surface area contributed by atoms with Crippen molar-refractivity contribution < 1.29 is 22.7 Å². The first-order valence-electron chi connectivity index (χ1n) is 6.12. The highest BCUT2D eigenvalue weighted by Gasteiger charge is 2.09. The number of nitrogens with one attached hydrogen (secondary N) is 2. The molecule has 0 fully saturated rings. The van der Waals surface area contributed by atoms with Crippen LogP contribution in [0.5, 0.6) is 5.75 Å². The molecule has 0 unspecified atom stereocenters. The van der Waals surface area contributed by atoms with Crippen molar-refractivity contribution in [2.75, 3.05) is 24.5 Å². The van der Waals surface area contributed by atoms with E-state index in [9.17, 15) is 13.2 Å². The topological polar surface area (TPSA) is 93.7 Å². The van der Waals surface area contributed by atoms with Gasteiger partial charge in [0.15, 0.2) is 6.61 Å². The molecular formula is C12H18N2O5S.